The van der Waals surface area contributed by atoms with Crippen molar-refractivity contribution in [3.05, 3.63) is 29.3 Å². The number of carbonyl (C=O) groups is 2. The van der Waals surface area contributed by atoms with E-state index in [0.717, 1.165) is 12.1 Å². The minimum absolute atomic E-state index is 0.0176. The Labute approximate surface area is 209 Å². The maximum absolute atomic E-state index is 13.8. The normalized spacial score (nSPS) is 21.5. The third-order valence-electron chi connectivity index (χ3n) is 5.71. The number of rotatable bonds is 2. The number of amides is 2. The lowest BCUT2D eigenvalue weighted by Gasteiger charge is -2.27. The molecule has 37 heavy (non-hydrogen) atoms. The SMILES string of the molecule is CC(C)(C)OC(=O)N1CCCN(C(=O)[C@@H]2CN(c3ccc(C#N)c(C(F)(F)F)c3)[C@@H](C(F)(F)F)O2)CC1. The van der Waals surface area contributed by atoms with Crippen molar-refractivity contribution in [1.82, 2.24) is 9.80 Å². The van der Waals surface area contributed by atoms with Crippen molar-refractivity contribution in [2.45, 2.75) is 57.5 Å². The highest BCUT2D eigenvalue weighted by Gasteiger charge is 2.53. The largest absolute Gasteiger partial charge is 0.444 e. The highest BCUT2D eigenvalue weighted by Crippen LogP contribution is 2.39. The summed E-state index contributed by atoms with van der Waals surface area (Å²) in [7, 11) is 0. The lowest BCUT2D eigenvalue weighted by atomic mass is 10.1. The van der Waals surface area contributed by atoms with E-state index in [1.165, 1.54) is 15.9 Å². The molecule has 0 unspecified atom stereocenters. The van der Waals surface area contributed by atoms with Crippen molar-refractivity contribution in [1.29, 1.82) is 5.26 Å². The van der Waals surface area contributed by atoms with Crippen LogP contribution in [0.15, 0.2) is 18.2 Å². The first kappa shape index (κ1) is 28.4. The van der Waals surface area contributed by atoms with Crippen LogP contribution >= 0.6 is 0 Å². The second-order valence-corrected chi connectivity index (χ2v) is 9.66. The molecule has 1 aromatic rings. The van der Waals surface area contributed by atoms with Crippen molar-refractivity contribution in [2.75, 3.05) is 37.6 Å². The lowest BCUT2D eigenvalue weighted by Crippen LogP contribution is -2.44. The quantitative estimate of drug-likeness (QED) is 0.529. The number of anilines is 1. The van der Waals surface area contributed by atoms with Crippen molar-refractivity contribution in [3.63, 3.8) is 0 Å². The average molecular weight is 536 g/mol. The van der Waals surface area contributed by atoms with Crippen LogP contribution in [0.5, 0.6) is 0 Å². The van der Waals surface area contributed by atoms with Crippen LogP contribution in [0, 0.1) is 11.3 Å². The second kappa shape index (κ2) is 10.3. The summed E-state index contributed by atoms with van der Waals surface area (Å²) in [5.41, 5.74) is -3.36. The fourth-order valence-corrected chi connectivity index (χ4v) is 4.07. The van der Waals surface area contributed by atoms with Gasteiger partial charge in [0.1, 0.15) is 5.60 Å². The van der Waals surface area contributed by atoms with Crippen LogP contribution in [-0.2, 0) is 20.4 Å². The first-order chi connectivity index (χ1) is 17.0. The molecular weight excluding hydrogens is 510 g/mol. The van der Waals surface area contributed by atoms with E-state index in [0.29, 0.717) is 17.4 Å². The summed E-state index contributed by atoms with van der Waals surface area (Å²) in [4.78, 5) is 28.6. The number of nitrogens with zero attached hydrogens (tertiary/aromatic N) is 4. The molecule has 0 aromatic heterocycles. The molecule has 1 aromatic carbocycles. The minimum atomic E-state index is -5.02. The molecule has 0 radical (unpaired) electrons. The summed E-state index contributed by atoms with van der Waals surface area (Å²) < 4.78 is 91.8. The molecule has 2 heterocycles. The van der Waals surface area contributed by atoms with Gasteiger partial charge in [0, 0.05) is 31.9 Å². The van der Waals surface area contributed by atoms with Crippen molar-refractivity contribution in [2.24, 2.45) is 0 Å². The predicted octanol–water partition coefficient (Wildman–Crippen LogP) is 4.14. The van der Waals surface area contributed by atoms with E-state index in [4.69, 9.17) is 14.7 Å². The smallest absolute Gasteiger partial charge is 0.433 e. The molecule has 204 valence electrons. The summed E-state index contributed by atoms with van der Waals surface area (Å²) >= 11 is 0. The van der Waals surface area contributed by atoms with Crippen LogP contribution in [0.4, 0.5) is 36.8 Å². The molecule has 2 aliphatic rings. The summed E-state index contributed by atoms with van der Waals surface area (Å²) in [6.45, 7) is 4.96. The molecule has 14 heteroatoms. The van der Waals surface area contributed by atoms with Crippen molar-refractivity contribution in [3.8, 4) is 6.07 Å². The maximum Gasteiger partial charge on any atom is 0.433 e. The Morgan fingerprint density at radius 3 is 2.22 bits per heavy atom. The highest BCUT2D eigenvalue weighted by atomic mass is 19.4. The van der Waals surface area contributed by atoms with Crippen molar-refractivity contribution >= 4 is 17.7 Å². The zero-order valence-electron chi connectivity index (χ0n) is 20.3. The van der Waals surface area contributed by atoms with Gasteiger partial charge in [0.2, 0.25) is 6.23 Å². The fraction of sp³-hybridized carbons (Fsp3) is 0.609. The number of hydrogen-bond acceptors (Lipinski definition) is 6. The molecule has 0 saturated carbocycles. The molecule has 2 atom stereocenters. The number of nitriles is 1. The molecule has 2 amide bonds. The molecule has 2 fully saturated rings. The van der Waals surface area contributed by atoms with Crippen molar-refractivity contribution < 1.29 is 45.4 Å². The molecule has 0 aliphatic carbocycles. The minimum Gasteiger partial charge on any atom is -0.444 e. The van der Waals surface area contributed by atoms with Gasteiger partial charge in [-0.15, -0.1) is 0 Å². The number of alkyl halides is 6. The van der Waals surface area contributed by atoms with Gasteiger partial charge in [-0.25, -0.2) is 4.79 Å². The van der Waals surface area contributed by atoms with Crippen LogP contribution in [0.1, 0.15) is 38.3 Å². The Hall–Kier alpha value is -3.21. The third kappa shape index (κ3) is 6.76. The van der Waals surface area contributed by atoms with Gasteiger partial charge >= 0.3 is 18.4 Å². The predicted molar refractivity (Wildman–Crippen MR) is 117 cm³/mol. The first-order valence-corrected chi connectivity index (χ1v) is 11.4. The molecule has 0 bridgehead atoms. The van der Waals surface area contributed by atoms with Gasteiger partial charge in [0.25, 0.3) is 5.91 Å². The fourth-order valence-electron chi connectivity index (χ4n) is 4.07. The summed E-state index contributed by atoms with van der Waals surface area (Å²) in [6.07, 6.45) is -14.5. The molecule has 2 aliphatic heterocycles. The molecule has 2 saturated heterocycles. The average Bonchev–Trinajstić information content (AvgIpc) is 3.08. The van der Waals surface area contributed by atoms with Gasteiger partial charge in [-0.05, 0) is 45.4 Å². The maximum atomic E-state index is 13.8. The van der Waals surface area contributed by atoms with Crippen LogP contribution in [-0.4, -0.2) is 78.6 Å². The number of ether oxygens (including phenoxy) is 2. The Morgan fingerprint density at radius 1 is 1.03 bits per heavy atom. The Bertz CT molecular complexity index is 1060. The van der Waals surface area contributed by atoms with E-state index in [-0.39, 0.29) is 26.2 Å². The van der Waals surface area contributed by atoms with Gasteiger partial charge in [-0.3, -0.25) is 4.79 Å². The summed E-state index contributed by atoms with van der Waals surface area (Å²) in [5.74, 6) is -0.771. The Kier molecular flexibility index (Phi) is 7.88. The van der Waals surface area contributed by atoms with Crippen LogP contribution < -0.4 is 4.90 Å². The molecule has 0 spiro atoms. The number of benzene rings is 1. The van der Waals surface area contributed by atoms with E-state index in [1.54, 1.807) is 20.8 Å². The number of hydrogen-bond donors (Lipinski definition) is 0. The van der Waals surface area contributed by atoms with Gasteiger partial charge in [0.05, 0.1) is 23.7 Å². The van der Waals surface area contributed by atoms with E-state index < -0.39 is 65.6 Å². The van der Waals surface area contributed by atoms with Gasteiger partial charge < -0.3 is 24.2 Å². The van der Waals surface area contributed by atoms with E-state index >= 15 is 0 Å². The van der Waals surface area contributed by atoms with Gasteiger partial charge in [-0.2, -0.15) is 31.6 Å². The Morgan fingerprint density at radius 2 is 1.65 bits per heavy atom. The monoisotopic (exact) mass is 536 g/mol. The van der Waals surface area contributed by atoms with Gasteiger partial charge in [-0.1, -0.05) is 0 Å². The van der Waals surface area contributed by atoms with E-state index in [1.807, 2.05) is 0 Å². The van der Waals surface area contributed by atoms with Crippen LogP contribution in [0.25, 0.3) is 0 Å². The van der Waals surface area contributed by atoms with Gasteiger partial charge in [0.15, 0.2) is 6.10 Å². The second-order valence-electron chi connectivity index (χ2n) is 9.66. The topological polar surface area (TPSA) is 86.1 Å². The Balaban J connectivity index is 1.79. The zero-order chi connectivity index (χ0) is 27.8. The first-order valence-electron chi connectivity index (χ1n) is 11.4. The summed E-state index contributed by atoms with van der Waals surface area (Å²) in [5, 5.41) is 8.96. The number of halogens is 6. The van der Waals surface area contributed by atoms with Crippen LogP contribution in [0.3, 0.4) is 0 Å². The zero-order valence-corrected chi connectivity index (χ0v) is 20.3. The summed E-state index contributed by atoms with van der Waals surface area (Å²) in [6, 6.07) is 3.54. The van der Waals surface area contributed by atoms with E-state index in [9.17, 15) is 35.9 Å². The standard InChI is InChI=1S/C23H26F6N4O4/c1-21(2,3)37-20(35)32-8-4-7-31(9-10-32)18(34)17-13-33(19(36-17)23(27,28)29)15-6-5-14(12-30)16(11-15)22(24,25)26/h5-6,11,17,19H,4,7-10,13H2,1-3H3/t17-,19+/m0/s1. The third-order valence-corrected chi connectivity index (χ3v) is 5.71. The molecule has 0 N–H and O–H groups in total. The molecular formula is C23H26F6N4O4. The molecule has 8 nitrogen and oxygen atoms in total. The molecule has 3 rings (SSSR count). The lowest BCUT2D eigenvalue weighted by molar-refractivity contribution is -0.214. The number of carbonyl (C=O) groups excluding carboxylic acids is 2. The van der Waals surface area contributed by atoms with E-state index in [2.05, 4.69) is 0 Å². The van der Waals surface area contributed by atoms with Crippen LogP contribution in [0.2, 0.25) is 0 Å². The highest BCUT2D eigenvalue weighted by molar-refractivity contribution is 5.82.